The highest BCUT2D eigenvalue weighted by Gasteiger charge is 2.41. The number of nitrogens with one attached hydrogen (secondary N) is 9. The highest BCUT2D eigenvalue weighted by molar-refractivity contribution is 5.99. The number of aryl methyl sites for hydroxylation is 2. The molecule has 34 nitrogen and oxygen atoms in total. The van der Waals surface area contributed by atoms with Crippen molar-refractivity contribution in [2.75, 3.05) is 45.8 Å². The van der Waals surface area contributed by atoms with Gasteiger partial charge in [0.2, 0.25) is 70.9 Å². The average Bonchev–Trinajstić information content (AvgIpc) is 1.74. The highest BCUT2D eigenvalue weighted by atomic mass is 16.2. The first-order valence-corrected chi connectivity index (χ1v) is 34.3. The minimum atomic E-state index is -1.44. The Kier molecular flexibility index (Phi) is 37.1. The summed E-state index contributed by atoms with van der Waals surface area (Å²) in [5.74, 6) is -10.8. The Bertz CT molecular complexity index is 3200. The lowest BCUT2D eigenvalue weighted by Gasteiger charge is -2.32. The van der Waals surface area contributed by atoms with Gasteiger partial charge < -0.3 is 104 Å². The lowest BCUT2D eigenvalue weighted by molar-refractivity contribution is -0.142. The third-order valence-corrected chi connectivity index (χ3v) is 17.0. The molecule has 0 aliphatic carbocycles. The standard InChI is InChI=1S/C67H110N22O12/c1-8-38(4)54(63(100)86-48(23-16-28-79-67(75)76)64(101)89-29-17-24-51(89)62(99)83-45(56(70)93)20-12-13-25-68)88-59(96)47(22-15-27-78-66(73)74)84-58(95)46(21-14-26-77-65(71)72)85-60(97)49(30-37(2)3)87-61(98)50(34-42-18-10-9-11-19-42)82-53(91)36-80-52(90)35-81-57(94)41(7)33-44-39(5)31-43(55(69)92)32-40(44)6/h9-11,18-19,31-32,37-38,41,45-51,54H,8,12-17,20-30,33-36,68H2,1-7H3,(H2,69,92)(H2,70,93)(H,80,90)(H,81,94)(H,82,91)(H,83,99)(H,84,95)(H,85,97)(H,86,100)(H,87,98)(H,88,96)(H4,71,72,77)(H4,73,74,78)(H4,75,76,79)/t38-,41-,45-,46-,47-,48-,49-,50-,51-,54-/m0/s1. The Morgan fingerprint density at radius 3 is 1.54 bits per heavy atom. The van der Waals surface area contributed by atoms with E-state index in [0.29, 0.717) is 49.8 Å². The van der Waals surface area contributed by atoms with Gasteiger partial charge in [0.15, 0.2) is 17.9 Å². The van der Waals surface area contributed by atoms with Crippen molar-refractivity contribution in [2.45, 2.75) is 193 Å². The quantitative estimate of drug-likeness (QED) is 0.0172. The molecule has 0 unspecified atom stereocenters. The Morgan fingerprint density at radius 2 is 1.03 bits per heavy atom. The number of hydrogen-bond acceptors (Lipinski definition) is 16. The van der Waals surface area contributed by atoms with E-state index in [-0.39, 0.29) is 114 Å². The van der Waals surface area contributed by atoms with E-state index in [1.165, 1.54) is 4.90 Å². The van der Waals surface area contributed by atoms with Crippen LogP contribution in [0.25, 0.3) is 0 Å². The molecule has 1 saturated heterocycles. The Morgan fingerprint density at radius 1 is 0.535 bits per heavy atom. The van der Waals surface area contributed by atoms with Crippen molar-refractivity contribution < 1.29 is 57.5 Å². The van der Waals surface area contributed by atoms with Gasteiger partial charge in [-0.15, -0.1) is 0 Å². The minimum absolute atomic E-state index is 0.00268. The molecule has 2 aromatic rings. The molecule has 12 amide bonds. The first kappa shape index (κ1) is 85.1. The van der Waals surface area contributed by atoms with Gasteiger partial charge in [0.05, 0.1) is 13.1 Å². The number of aliphatic imine (C=N–C) groups is 3. The monoisotopic (exact) mass is 1410 g/mol. The maximum Gasteiger partial charge on any atom is 0.248 e. The number of nitrogens with two attached hydrogens (primary N) is 9. The average molecular weight is 1420 g/mol. The van der Waals surface area contributed by atoms with Crippen molar-refractivity contribution in [2.24, 2.45) is 84.3 Å². The van der Waals surface area contributed by atoms with E-state index < -0.39 is 144 Å². The van der Waals surface area contributed by atoms with Crippen molar-refractivity contribution in [3.8, 4) is 0 Å². The number of rotatable bonds is 45. The Balaban J connectivity index is 1.92. The number of benzene rings is 2. The highest BCUT2D eigenvalue weighted by Crippen LogP contribution is 2.23. The molecule has 0 saturated carbocycles. The Hall–Kier alpha value is -10.1. The largest absolute Gasteiger partial charge is 0.370 e. The topological polar surface area (TPSA) is 588 Å². The van der Waals surface area contributed by atoms with Gasteiger partial charge in [-0.25, -0.2) is 0 Å². The van der Waals surface area contributed by atoms with Crippen molar-refractivity contribution in [1.29, 1.82) is 0 Å². The maximum atomic E-state index is 14.8. The number of primary amides is 2. The van der Waals surface area contributed by atoms with Crippen LogP contribution in [0.15, 0.2) is 57.4 Å². The molecule has 34 heteroatoms. The third kappa shape index (κ3) is 30.9. The third-order valence-electron chi connectivity index (χ3n) is 17.0. The predicted octanol–water partition coefficient (Wildman–Crippen LogP) is -3.69. The van der Waals surface area contributed by atoms with E-state index in [0.717, 1.165) is 16.7 Å². The van der Waals surface area contributed by atoms with Crippen molar-refractivity contribution in [1.82, 2.24) is 52.8 Å². The molecule has 3 rings (SSSR count). The zero-order valence-corrected chi connectivity index (χ0v) is 59.3. The van der Waals surface area contributed by atoms with Crippen LogP contribution in [0.1, 0.15) is 151 Å². The van der Waals surface area contributed by atoms with Gasteiger partial charge in [-0.1, -0.05) is 71.4 Å². The van der Waals surface area contributed by atoms with Gasteiger partial charge in [-0.05, 0) is 150 Å². The summed E-state index contributed by atoms with van der Waals surface area (Å²) >= 11 is 0. The Labute approximate surface area is 590 Å². The molecule has 1 aliphatic rings. The molecule has 0 aromatic heterocycles. The first-order valence-electron chi connectivity index (χ1n) is 34.3. The molecule has 0 radical (unpaired) electrons. The van der Waals surface area contributed by atoms with Gasteiger partial charge in [-0.3, -0.25) is 72.5 Å². The predicted molar refractivity (Wildman–Crippen MR) is 382 cm³/mol. The molecule has 2 aromatic carbocycles. The molecule has 0 spiro atoms. The number of hydrogen-bond donors (Lipinski definition) is 18. The molecular weight excluding hydrogens is 1300 g/mol. The summed E-state index contributed by atoms with van der Waals surface area (Å²) in [6.07, 6.45) is 2.70. The van der Waals surface area contributed by atoms with Crippen molar-refractivity contribution >= 4 is 88.8 Å². The van der Waals surface area contributed by atoms with E-state index in [1.54, 1.807) is 90.9 Å². The van der Waals surface area contributed by atoms with Crippen LogP contribution in [0.3, 0.4) is 0 Å². The van der Waals surface area contributed by atoms with Gasteiger partial charge in [-0.2, -0.15) is 0 Å². The lowest BCUT2D eigenvalue weighted by Crippen LogP contribution is -2.61. The molecule has 10 atom stereocenters. The fourth-order valence-electron chi connectivity index (χ4n) is 11.3. The molecule has 1 fully saturated rings. The number of carbonyl (C=O) groups excluding carboxylic acids is 12. The lowest BCUT2D eigenvalue weighted by atomic mass is 9.91. The SMILES string of the molecule is CC[C@H](C)[C@H](NC(=O)[C@H](CCCN=C(N)N)NC(=O)[C@H](CCCN=C(N)N)NC(=O)[C@H](CC(C)C)NC(=O)[C@H](Cc1ccccc1)NC(=O)CNC(=O)CNC(=O)[C@@H](C)Cc1c(C)cc(C(N)=O)cc1C)C(=O)N[C@@H](CCCN=C(N)N)C(=O)N1CCC[C@H]1C(=O)N[C@@H](CCCCN)C(N)=O. The van der Waals surface area contributed by atoms with Gasteiger partial charge in [0, 0.05) is 44.1 Å². The fraction of sp³-hybridized carbons (Fsp3) is 0.597. The number of likely N-dealkylation sites (tertiary alicyclic amines) is 1. The second-order valence-electron chi connectivity index (χ2n) is 25.9. The molecular formula is C67H110N22O12. The van der Waals surface area contributed by atoms with Gasteiger partial charge in [0.1, 0.15) is 48.3 Å². The summed E-state index contributed by atoms with van der Waals surface area (Å²) in [5.41, 5.74) is 53.8. The van der Waals surface area contributed by atoms with Crippen LogP contribution >= 0.6 is 0 Å². The molecule has 0 bridgehead atoms. The normalized spacial score (nSPS) is 15.2. The fourth-order valence-corrected chi connectivity index (χ4v) is 11.3. The maximum absolute atomic E-state index is 14.8. The number of nitrogens with zero attached hydrogens (tertiary/aromatic N) is 4. The van der Waals surface area contributed by atoms with Crippen LogP contribution in [0.2, 0.25) is 0 Å². The van der Waals surface area contributed by atoms with Crippen LogP contribution in [0, 0.1) is 31.6 Å². The van der Waals surface area contributed by atoms with Crippen molar-refractivity contribution in [3.05, 3.63) is 70.3 Å². The van der Waals surface area contributed by atoms with Gasteiger partial charge in [0.25, 0.3) is 0 Å². The molecule has 1 aliphatic heterocycles. The zero-order chi connectivity index (χ0) is 75.5. The number of carbonyl (C=O) groups is 12. The van der Waals surface area contributed by atoms with Crippen LogP contribution in [0.4, 0.5) is 0 Å². The smallest absolute Gasteiger partial charge is 0.248 e. The van der Waals surface area contributed by atoms with E-state index in [2.05, 4.69) is 62.8 Å². The number of guanidine groups is 3. The second kappa shape index (κ2) is 44.1. The molecule has 101 heavy (non-hydrogen) atoms. The summed E-state index contributed by atoms with van der Waals surface area (Å²) in [6, 6.07) is 1.75. The summed E-state index contributed by atoms with van der Waals surface area (Å²) in [5, 5.41) is 24.2. The van der Waals surface area contributed by atoms with E-state index in [4.69, 9.17) is 51.6 Å². The first-order chi connectivity index (χ1) is 47.8. The number of amides is 12. The zero-order valence-electron chi connectivity index (χ0n) is 59.3. The molecule has 27 N–H and O–H groups in total. The van der Waals surface area contributed by atoms with Crippen LogP contribution < -0.4 is 99.5 Å². The summed E-state index contributed by atoms with van der Waals surface area (Å²) in [7, 11) is 0. The van der Waals surface area contributed by atoms with E-state index in [9.17, 15) is 57.5 Å². The van der Waals surface area contributed by atoms with Gasteiger partial charge >= 0.3 is 0 Å². The second-order valence-corrected chi connectivity index (χ2v) is 25.9. The summed E-state index contributed by atoms with van der Waals surface area (Å²) < 4.78 is 0. The summed E-state index contributed by atoms with van der Waals surface area (Å²) in [4.78, 5) is 179. The van der Waals surface area contributed by atoms with E-state index >= 15 is 0 Å². The summed E-state index contributed by atoms with van der Waals surface area (Å²) in [6.45, 7) is 11.8. The minimum Gasteiger partial charge on any atom is -0.370 e. The van der Waals surface area contributed by atoms with Crippen molar-refractivity contribution in [3.63, 3.8) is 0 Å². The van der Waals surface area contributed by atoms with Crippen LogP contribution in [-0.2, 0) is 65.6 Å². The van der Waals surface area contributed by atoms with E-state index in [1.807, 2.05) is 0 Å². The molecule has 1 heterocycles. The van der Waals surface area contributed by atoms with Crippen LogP contribution in [0.5, 0.6) is 0 Å². The molecule has 560 valence electrons. The number of unbranched alkanes of at least 4 members (excludes halogenated alkanes) is 1. The van der Waals surface area contributed by atoms with Crippen LogP contribution in [-0.4, -0.2) is 188 Å².